The van der Waals surface area contributed by atoms with Crippen molar-refractivity contribution < 1.29 is 4.79 Å². The highest BCUT2D eigenvalue weighted by Gasteiger charge is 2.29. The lowest BCUT2D eigenvalue weighted by Gasteiger charge is -2.24. The second-order valence-electron chi connectivity index (χ2n) is 6.58. The molecule has 4 heteroatoms. The molecular formula is C21H25N3O. The zero-order valence-electron chi connectivity index (χ0n) is 14.8. The number of para-hydroxylation sites is 1. The number of nitrogens with two attached hydrogens (primary N) is 1. The molecule has 0 fully saturated rings. The Kier molecular flexibility index (Phi) is 4.91. The van der Waals surface area contributed by atoms with Crippen LogP contribution in [0.4, 0.5) is 0 Å². The van der Waals surface area contributed by atoms with Crippen LogP contribution in [-0.4, -0.2) is 17.4 Å². The Balaban J connectivity index is 1.66. The third kappa shape index (κ3) is 3.44. The van der Waals surface area contributed by atoms with E-state index in [2.05, 4.69) is 35.4 Å². The Hall–Kier alpha value is -2.59. The van der Waals surface area contributed by atoms with Crippen molar-refractivity contribution in [2.75, 3.05) is 6.54 Å². The average Bonchev–Trinajstić information content (AvgIpc) is 3.05. The molecule has 0 aliphatic heterocycles. The molecule has 0 bridgehead atoms. The molecule has 2 aromatic carbocycles. The second-order valence-corrected chi connectivity index (χ2v) is 6.58. The molecule has 4 N–H and O–H groups in total. The third-order valence-electron chi connectivity index (χ3n) is 4.79. The molecule has 0 spiro atoms. The fraction of sp³-hybridized carbons (Fsp3) is 0.286. The first-order valence-electron chi connectivity index (χ1n) is 8.74. The summed E-state index contributed by atoms with van der Waals surface area (Å²) >= 11 is 0. The minimum Gasteiger partial charge on any atom is -0.361 e. The fourth-order valence-corrected chi connectivity index (χ4v) is 3.19. The lowest BCUT2D eigenvalue weighted by Crippen LogP contribution is -2.49. The van der Waals surface area contributed by atoms with E-state index in [1.807, 2.05) is 36.5 Å². The summed E-state index contributed by atoms with van der Waals surface area (Å²) in [6.45, 7) is 4.46. The lowest BCUT2D eigenvalue weighted by atomic mass is 9.92. The maximum atomic E-state index is 12.5. The Morgan fingerprint density at radius 2 is 1.88 bits per heavy atom. The van der Waals surface area contributed by atoms with E-state index in [4.69, 9.17) is 5.73 Å². The maximum absolute atomic E-state index is 12.5. The van der Waals surface area contributed by atoms with E-state index in [0.717, 1.165) is 18.4 Å². The Morgan fingerprint density at radius 3 is 2.60 bits per heavy atom. The van der Waals surface area contributed by atoms with Crippen molar-refractivity contribution in [2.24, 2.45) is 5.73 Å². The summed E-state index contributed by atoms with van der Waals surface area (Å²) < 4.78 is 0. The zero-order chi connectivity index (χ0) is 17.9. The van der Waals surface area contributed by atoms with Crippen LogP contribution in [0, 0.1) is 0 Å². The summed E-state index contributed by atoms with van der Waals surface area (Å²) in [5, 5.41) is 4.20. The van der Waals surface area contributed by atoms with Gasteiger partial charge in [0.1, 0.15) is 5.54 Å². The summed E-state index contributed by atoms with van der Waals surface area (Å²) in [6, 6.07) is 15.8. The minimum absolute atomic E-state index is 0.159. The normalized spacial score (nSPS) is 13.6. The molecule has 1 heterocycles. The second kappa shape index (κ2) is 7.11. The molecule has 0 saturated carbocycles. The smallest absolute Gasteiger partial charge is 0.244 e. The summed E-state index contributed by atoms with van der Waals surface area (Å²) in [7, 11) is 0. The van der Waals surface area contributed by atoms with E-state index >= 15 is 0 Å². The molecule has 4 nitrogen and oxygen atoms in total. The zero-order valence-corrected chi connectivity index (χ0v) is 14.8. The number of fused-ring (bicyclic) bond motifs is 1. The predicted octanol–water partition coefficient (Wildman–Crippen LogP) is 3.26. The summed E-state index contributed by atoms with van der Waals surface area (Å²) in [6.07, 6.45) is 3.80. The first-order valence-corrected chi connectivity index (χ1v) is 8.74. The van der Waals surface area contributed by atoms with E-state index < -0.39 is 5.54 Å². The maximum Gasteiger partial charge on any atom is 0.244 e. The molecule has 1 amide bonds. The topological polar surface area (TPSA) is 70.9 Å². The van der Waals surface area contributed by atoms with Crippen LogP contribution < -0.4 is 11.1 Å². The first-order chi connectivity index (χ1) is 12.0. The van der Waals surface area contributed by atoms with Gasteiger partial charge < -0.3 is 16.0 Å². The van der Waals surface area contributed by atoms with Gasteiger partial charge in [0, 0.05) is 23.6 Å². The standard InChI is InChI=1S/C21H25N3O/c1-3-15-8-7-11-18-16(14-24-19(15)18)12-13-23-20(25)21(2,22)17-9-5-4-6-10-17/h4-11,14,24H,3,12-13,22H2,1-2H3,(H,23,25). The van der Waals surface area contributed by atoms with Crippen LogP contribution in [0.25, 0.3) is 10.9 Å². The van der Waals surface area contributed by atoms with Gasteiger partial charge in [-0.3, -0.25) is 4.79 Å². The van der Waals surface area contributed by atoms with E-state index in [-0.39, 0.29) is 5.91 Å². The SMILES string of the molecule is CCc1cccc2c(CCNC(=O)C(C)(N)c3ccccc3)c[nH]c12. The quantitative estimate of drug-likeness (QED) is 0.647. The molecule has 0 radical (unpaired) electrons. The number of carbonyl (C=O) groups excluding carboxylic acids is 1. The van der Waals surface area contributed by atoms with Gasteiger partial charge in [-0.2, -0.15) is 0 Å². The predicted molar refractivity (Wildman–Crippen MR) is 102 cm³/mol. The highest BCUT2D eigenvalue weighted by Crippen LogP contribution is 2.22. The number of benzene rings is 2. The molecule has 25 heavy (non-hydrogen) atoms. The Labute approximate surface area is 148 Å². The molecule has 0 aliphatic carbocycles. The number of hydrogen-bond donors (Lipinski definition) is 3. The largest absolute Gasteiger partial charge is 0.361 e. The van der Waals surface area contributed by atoms with Crippen LogP contribution in [0.5, 0.6) is 0 Å². The van der Waals surface area contributed by atoms with Crippen LogP contribution in [0.1, 0.15) is 30.5 Å². The van der Waals surface area contributed by atoms with Crippen molar-refractivity contribution in [1.29, 1.82) is 0 Å². The van der Waals surface area contributed by atoms with Crippen molar-refractivity contribution in [2.45, 2.75) is 32.2 Å². The highest BCUT2D eigenvalue weighted by atomic mass is 16.2. The van der Waals surface area contributed by atoms with Crippen LogP contribution >= 0.6 is 0 Å². The number of aromatic nitrogens is 1. The molecule has 1 aromatic heterocycles. The van der Waals surface area contributed by atoms with Crippen molar-refractivity contribution in [3.8, 4) is 0 Å². The number of rotatable bonds is 6. The van der Waals surface area contributed by atoms with Gasteiger partial charge in [0.2, 0.25) is 5.91 Å². The van der Waals surface area contributed by atoms with Gasteiger partial charge in [0.25, 0.3) is 0 Å². The van der Waals surface area contributed by atoms with Crippen molar-refractivity contribution >= 4 is 16.8 Å². The molecule has 3 aromatic rings. The van der Waals surface area contributed by atoms with Crippen LogP contribution in [-0.2, 0) is 23.2 Å². The van der Waals surface area contributed by atoms with Crippen molar-refractivity contribution in [1.82, 2.24) is 10.3 Å². The summed E-state index contributed by atoms with van der Waals surface area (Å²) in [4.78, 5) is 15.9. The summed E-state index contributed by atoms with van der Waals surface area (Å²) in [5.41, 5.74) is 9.75. The van der Waals surface area contributed by atoms with E-state index in [1.165, 1.54) is 22.0 Å². The van der Waals surface area contributed by atoms with Crippen LogP contribution in [0.15, 0.2) is 54.7 Å². The van der Waals surface area contributed by atoms with Gasteiger partial charge in [-0.15, -0.1) is 0 Å². The van der Waals surface area contributed by atoms with Crippen molar-refractivity contribution in [3.63, 3.8) is 0 Å². The van der Waals surface area contributed by atoms with Crippen molar-refractivity contribution in [3.05, 3.63) is 71.4 Å². The van der Waals surface area contributed by atoms with Gasteiger partial charge in [0.05, 0.1) is 0 Å². The number of aromatic amines is 1. The third-order valence-corrected chi connectivity index (χ3v) is 4.79. The molecule has 0 saturated heterocycles. The molecule has 130 valence electrons. The molecule has 3 rings (SSSR count). The number of H-pyrrole nitrogens is 1. The van der Waals surface area contributed by atoms with Gasteiger partial charge in [-0.1, -0.05) is 55.5 Å². The van der Waals surface area contributed by atoms with E-state index in [9.17, 15) is 4.79 Å². The molecule has 0 aliphatic rings. The first kappa shape index (κ1) is 17.2. The molecule has 1 atom stereocenters. The van der Waals surface area contributed by atoms with Crippen LogP contribution in [0.2, 0.25) is 0 Å². The van der Waals surface area contributed by atoms with E-state index in [1.54, 1.807) is 6.92 Å². The monoisotopic (exact) mass is 335 g/mol. The van der Waals surface area contributed by atoms with Gasteiger partial charge >= 0.3 is 0 Å². The lowest BCUT2D eigenvalue weighted by molar-refractivity contribution is -0.126. The van der Waals surface area contributed by atoms with E-state index in [0.29, 0.717) is 6.54 Å². The van der Waals surface area contributed by atoms with Gasteiger partial charge in [-0.05, 0) is 36.5 Å². The average molecular weight is 335 g/mol. The summed E-state index contributed by atoms with van der Waals surface area (Å²) in [5.74, 6) is -0.159. The molecular weight excluding hydrogens is 310 g/mol. The highest BCUT2D eigenvalue weighted by molar-refractivity contribution is 5.88. The van der Waals surface area contributed by atoms with Crippen LogP contribution in [0.3, 0.4) is 0 Å². The Morgan fingerprint density at radius 1 is 1.12 bits per heavy atom. The fourth-order valence-electron chi connectivity index (χ4n) is 3.19. The number of carbonyl (C=O) groups is 1. The number of nitrogens with one attached hydrogen (secondary N) is 2. The number of aryl methyl sites for hydroxylation is 1. The van der Waals surface area contributed by atoms with Gasteiger partial charge in [-0.25, -0.2) is 0 Å². The molecule has 1 unspecified atom stereocenters. The number of hydrogen-bond acceptors (Lipinski definition) is 2. The minimum atomic E-state index is -1.03. The Bertz CT molecular complexity index is 865. The van der Waals surface area contributed by atoms with Gasteiger partial charge in [0.15, 0.2) is 0 Å². The number of amides is 1.